The molecular weight excluding hydrogens is 294 g/mol. The molecule has 0 unspecified atom stereocenters. The van der Waals surface area contributed by atoms with Gasteiger partial charge in [0, 0.05) is 19.6 Å². The standard InChI is InChI=1S/C15H18F2N2O3/c1-10-14(9-19(4-6-20)5-7-21)18-15(22-10)12-8-11(16)2-3-13(12)17/h2-3,8,20-21H,4-7,9H2,1H3. The largest absolute Gasteiger partial charge is 0.441 e. The van der Waals surface area contributed by atoms with Crippen LogP contribution in [-0.2, 0) is 6.54 Å². The highest BCUT2D eigenvalue weighted by molar-refractivity contribution is 5.54. The fraction of sp³-hybridized carbons (Fsp3) is 0.400. The fourth-order valence-corrected chi connectivity index (χ4v) is 2.12. The van der Waals surface area contributed by atoms with E-state index in [-0.39, 0.29) is 24.7 Å². The number of nitrogens with zero attached hydrogens (tertiary/aromatic N) is 2. The van der Waals surface area contributed by atoms with Crippen molar-refractivity contribution in [1.29, 1.82) is 0 Å². The van der Waals surface area contributed by atoms with Crippen molar-refractivity contribution in [3.8, 4) is 11.5 Å². The van der Waals surface area contributed by atoms with E-state index in [4.69, 9.17) is 14.6 Å². The van der Waals surface area contributed by atoms with Crippen molar-refractivity contribution in [3.63, 3.8) is 0 Å². The lowest BCUT2D eigenvalue weighted by Gasteiger charge is -2.18. The van der Waals surface area contributed by atoms with Gasteiger partial charge >= 0.3 is 0 Å². The van der Waals surface area contributed by atoms with Gasteiger partial charge in [-0.15, -0.1) is 0 Å². The monoisotopic (exact) mass is 312 g/mol. The molecule has 5 nitrogen and oxygen atoms in total. The number of oxazole rings is 1. The Morgan fingerprint density at radius 1 is 1.18 bits per heavy atom. The van der Waals surface area contributed by atoms with Crippen LogP contribution in [0.4, 0.5) is 8.78 Å². The van der Waals surface area contributed by atoms with Gasteiger partial charge in [-0.05, 0) is 25.1 Å². The Labute approximate surface area is 126 Å². The Morgan fingerprint density at radius 3 is 2.50 bits per heavy atom. The summed E-state index contributed by atoms with van der Waals surface area (Å²) in [5, 5.41) is 18.0. The summed E-state index contributed by atoms with van der Waals surface area (Å²) in [5.41, 5.74) is 0.519. The molecule has 120 valence electrons. The quantitative estimate of drug-likeness (QED) is 0.814. The molecule has 0 bridgehead atoms. The molecule has 1 aromatic heterocycles. The first-order chi connectivity index (χ1) is 10.5. The maximum absolute atomic E-state index is 13.8. The van der Waals surface area contributed by atoms with Crippen molar-refractivity contribution < 1.29 is 23.4 Å². The molecule has 0 saturated heterocycles. The SMILES string of the molecule is Cc1oc(-c2cc(F)ccc2F)nc1CN(CCO)CCO. The smallest absolute Gasteiger partial charge is 0.229 e. The van der Waals surface area contributed by atoms with Gasteiger partial charge in [0.25, 0.3) is 0 Å². The second-order valence-electron chi connectivity index (χ2n) is 4.87. The molecule has 0 radical (unpaired) electrons. The molecule has 2 N–H and O–H groups in total. The van der Waals surface area contributed by atoms with E-state index in [2.05, 4.69) is 4.98 Å². The summed E-state index contributed by atoms with van der Waals surface area (Å²) in [6, 6.07) is 3.08. The summed E-state index contributed by atoms with van der Waals surface area (Å²) in [5.74, 6) is -0.690. The second kappa shape index (κ2) is 7.44. The second-order valence-corrected chi connectivity index (χ2v) is 4.87. The summed E-state index contributed by atoms with van der Waals surface area (Å²) >= 11 is 0. The number of hydrogen-bond acceptors (Lipinski definition) is 5. The Hall–Kier alpha value is -1.83. The zero-order valence-corrected chi connectivity index (χ0v) is 12.2. The molecule has 0 atom stereocenters. The van der Waals surface area contributed by atoms with E-state index in [1.54, 1.807) is 11.8 Å². The lowest BCUT2D eigenvalue weighted by molar-refractivity contribution is 0.154. The molecule has 0 fully saturated rings. The number of aliphatic hydroxyl groups is 2. The Bertz CT molecular complexity index is 625. The number of aromatic nitrogens is 1. The van der Waals surface area contributed by atoms with E-state index in [9.17, 15) is 8.78 Å². The van der Waals surface area contributed by atoms with Gasteiger partial charge in [-0.1, -0.05) is 0 Å². The maximum Gasteiger partial charge on any atom is 0.229 e. The third-order valence-corrected chi connectivity index (χ3v) is 3.26. The van der Waals surface area contributed by atoms with Crippen molar-refractivity contribution in [2.24, 2.45) is 0 Å². The molecule has 0 saturated carbocycles. The van der Waals surface area contributed by atoms with Crippen LogP contribution in [0.25, 0.3) is 11.5 Å². The minimum atomic E-state index is -0.614. The Kier molecular flexibility index (Phi) is 5.59. The van der Waals surface area contributed by atoms with E-state index in [0.29, 0.717) is 31.1 Å². The molecule has 0 aliphatic heterocycles. The van der Waals surface area contributed by atoms with Crippen LogP contribution < -0.4 is 0 Å². The van der Waals surface area contributed by atoms with Crippen LogP contribution in [0.3, 0.4) is 0 Å². The van der Waals surface area contributed by atoms with Crippen LogP contribution in [0, 0.1) is 18.6 Å². The molecular formula is C15H18F2N2O3. The number of halogens is 2. The van der Waals surface area contributed by atoms with Gasteiger partial charge in [0.05, 0.1) is 24.5 Å². The first-order valence-corrected chi connectivity index (χ1v) is 6.91. The van der Waals surface area contributed by atoms with Crippen molar-refractivity contribution in [2.45, 2.75) is 13.5 Å². The van der Waals surface area contributed by atoms with Crippen LogP contribution in [0.2, 0.25) is 0 Å². The normalized spacial score (nSPS) is 11.4. The maximum atomic E-state index is 13.8. The number of aryl methyl sites for hydroxylation is 1. The molecule has 2 aromatic rings. The van der Waals surface area contributed by atoms with Gasteiger partial charge in [-0.25, -0.2) is 13.8 Å². The fourth-order valence-electron chi connectivity index (χ4n) is 2.12. The average molecular weight is 312 g/mol. The number of aliphatic hydroxyl groups excluding tert-OH is 2. The first-order valence-electron chi connectivity index (χ1n) is 6.91. The molecule has 0 aliphatic carbocycles. The summed E-state index contributed by atoms with van der Waals surface area (Å²) < 4.78 is 32.4. The van der Waals surface area contributed by atoms with Gasteiger partial charge in [0.15, 0.2) is 0 Å². The van der Waals surface area contributed by atoms with E-state index in [0.717, 1.165) is 18.2 Å². The van der Waals surface area contributed by atoms with Crippen molar-refractivity contribution >= 4 is 0 Å². The highest BCUT2D eigenvalue weighted by Crippen LogP contribution is 2.25. The van der Waals surface area contributed by atoms with Crippen molar-refractivity contribution in [3.05, 3.63) is 41.3 Å². The first kappa shape index (κ1) is 16.5. The topological polar surface area (TPSA) is 69.7 Å². The molecule has 0 spiro atoms. The van der Waals surface area contributed by atoms with Crippen LogP contribution in [0.15, 0.2) is 22.6 Å². The summed E-state index contributed by atoms with van der Waals surface area (Å²) in [4.78, 5) is 6.00. The lowest BCUT2D eigenvalue weighted by Crippen LogP contribution is -2.29. The highest BCUT2D eigenvalue weighted by Gasteiger charge is 2.17. The third kappa shape index (κ3) is 3.88. The van der Waals surface area contributed by atoms with Gasteiger partial charge in [-0.3, -0.25) is 4.90 Å². The summed E-state index contributed by atoms with van der Waals surface area (Å²) in [6.45, 7) is 2.66. The van der Waals surface area contributed by atoms with Crippen LogP contribution in [-0.4, -0.2) is 46.4 Å². The lowest BCUT2D eigenvalue weighted by atomic mass is 10.2. The average Bonchev–Trinajstić information content (AvgIpc) is 2.83. The van der Waals surface area contributed by atoms with Crippen LogP contribution >= 0.6 is 0 Å². The zero-order valence-electron chi connectivity index (χ0n) is 12.2. The van der Waals surface area contributed by atoms with E-state index >= 15 is 0 Å². The number of rotatable bonds is 7. The molecule has 22 heavy (non-hydrogen) atoms. The Balaban J connectivity index is 2.25. The number of benzene rings is 1. The summed E-state index contributed by atoms with van der Waals surface area (Å²) in [6.07, 6.45) is 0. The van der Waals surface area contributed by atoms with Gasteiger partial charge in [0.1, 0.15) is 17.4 Å². The predicted molar refractivity (Wildman–Crippen MR) is 76.0 cm³/mol. The van der Waals surface area contributed by atoms with Crippen LogP contribution in [0.1, 0.15) is 11.5 Å². The van der Waals surface area contributed by atoms with Gasteiger partial charge < -0.3 is 14.6 Å². The minimum Gasteiger partial charge on any atom is -0.441 e. The molecule has 0 amide bonds. The van der Waals surface area contributed by atoms with E-state index in [1.807, 2.05) is 0 Å². The van der Waals surface area contributed by atoms with E-state index < -0.39 is 11.6 Å². The Morgan fingerprint density at radius 2 is 1.86 bits per heavy atom. The highest BCUT2D eigenvalue weighted by atomic mass is 19.1. The van der Waals surface area contributed by atoms with Crippen molar-refractivity contribution in [1.82, 2.24) is 9.88 Å². The molecule has 2 rings (SSSR count). The zero-order chi connectivity index (χ0) is 16.1. The summed E-state index contributed by atoms with van der Waals surface area (Å²) in [7, 11) is 0. The molecule has 0 aliphatic rings. The molecule has 1 aromatic carbocycles. The van der Waals surface area contributed by atoms with Gasteiger partial charge in [0.2, 0.25) is 5.89 Å². The van der Waals surface area contributed by atoms with E-state index in [1.165, 1.54) is 0 Å². The molecule has 7 heteroatoms. The number of hydrogen-bond donors (Lipinski definition) is 2. The third-order valence-electron chi connectivity index (χ3n) is 3.26. The molecule has 1 heterocycles. The van der Waals surface area contributed by atoms with Gasteiger partial charge in [-0.2, -0.15) is 0 Å². The minimum absolute atomic E-state index is 0.0115. The predicted octanol–water partition coefficient (Wildman–Crippen LogP) is 1.71. The van der Waals surface area contributed by atoms with Crippen LogP contribution in [0.5, 0.6) is 0 Å². The van der Waals surface area contributed by atoms with Crippen molar-refractivity contribution in [2.75, 3.05) is 26.3 Å².